The predicted octanol–water partition coefficient (Wildman–Crippen LogP) is 4.29. The van der Waals surface area contributed by atoms with Crippen molar-refractivity contribution in [2.75, 3.05) is 41.9 Å². The monoisotopic (exact) mass is 519 g/mol. The number of hydrogen-bond donors (Lipinski definition) is 2. The van der Waals surface area contributed by atoms with Gasteiger partial charge in [0, 0.05) is 43.7 Å². The Hall–Kier alpha value is -3.82. The van der Waals surface area contributed by atoms with Crippen molar-refractivity contribution in [3.05, 3.63) is 89.7 Å². The third kappa shape index (κ3) is 4.92. The summed E-state index contributed by atoms with van der Waals surface area (Å²) in [5, 5.41) is 13.2. The molecule has 8 nitrogen and oxygen atoms in total. The molecule has 0 spiro atoms. The summed E-state index contributed by atoms with van der Waals surface area (Å²) in [5.41, 5.74) is 3.27. The number of carbonyl (C=O) groups is 1. The fraction of sp³-hybridized carbons (Fsp3) is 0.250. The van der Waals surface area contributed by atoms with Crippen molar-refractivity contribution in [2.24, 2.45) is 0 Å². The first-order chi connectivity index (χ1) is 17.9. The van der Waals surface area contributed by atoms with Crippen molar-refractivity contribution in [2.45, 2.75) is 18.2 Å². The lowest BCUT2D eigenvalue weighted by atomic mass is 10.1. The van der Waals surface area contributed by atoms with Gasteiger partial charge in [-0.3, -0.25) is 4.31 Å². The second-order valence-corrected chi connectivity index (χ2v) is 10.9. The van der Waals surface area contributed by atoms with Gasteiger partial charge >= 0.3 is 5.97 Å². The summed E-state index contributed by atoms with van der Waals surface area (Å²) in [6.45, 7) is 5.08. The summed E-state index contributed by atoms with van der Waals surface area (Å²) in [4.78, 5) is 13.8. The Morgan fingerprint density at radius 3 is 2.46 bits per heavy atom. The standard InChI is InChI=1S/C28H29N3O5S/c1-20-23-19-22(11-12-26(23)36-27(20)28(32)33)37(34,35)31(16-13-21-7-3-2-4-8-21)25-10-6-5-9-24(25)30-17-14-29-15-18-30/h2-12,19,29H,13-18H2,1H3,(H,32,33). The number of carboxylic acid groups (broad SMARTS) is 1. The third-order valence-corrected chi connectivity index (χ3v) is 8.55. The van der Waals surface area contributed by atoms with E-state index in [1.165, 1.54) is 22.5 Å². The molecule has 1 aliphatic rings. The fourth-order valence-electron chi connectivity index (χ4n) is 4.79. The molecule has 0 bridgehead atoms. The van der Waals surface area contributed by atoms with Crippen LogP contribution >= 0.6 is 0 Å². The molecule has 9 heteroatoms. The van der Waals surface area contributed by atoms with Gasteiger partial charge in [0.2, 0.25) is 5.76 Å². The zero-order valence-corrected chi connectivity index (χ0v) is 21.4. The van der Waals surface area contributed by atoms with E-state index in [0.717, 1.165) is 37.4 Å². The third-order valence-electron chi connectivity index (χ3n) is 6.74. The number of hydrogen-bond acceptors (Lipinski definition) is 6. The smallest absolute Gasteiger partial charge is 0.372 e. The van der Waals surface area contributed by atoms with Crippen LogP contribution in [0.4, 0.5) is 11.4 Å². The Kier molecular flexibility index (Phi) is 6.90. The quantitative estimate of drug-likeness (QED) is 0.358. The number of benzene rings is 3. The zero-order valence-electron chi connectivity index (χ0n) is 20.6. The maximum atomic E-state index is 14.2. The van der Waals surface area contributed by atoms with E-state index in [9.17, 15) is 18.3 Å². The zero-order chi connectivity index (χ0) is 26.0. The molecule has 1 fully saturated rings. The Bertz CT molecular complexity index is 1530. The number of fused-ring (bicyclic) bond motifs is 1. The summed E-state index contributed by atoms with van der Waals surface area (Å²) in [6, 6.07) is 21.9. The molecule has 3 aromatic carbocycles. The minimum Gasteiger partial charge on any atom is -0.475 e. The van der Waals surface area contributed by atoms with Crippen molar-refractivity contribution < 1.29 is 22.7 Å². The molecular formula is C28H29N3O5S. The highest BCUT2D eigenvalue weighted by Crippen LogP contribution is 2.35. The number of nitrogens with zero attached hydrogens (tertiary/aromatic N) is 2. The van der Waals surface area contributed by atoms with Crippen molar-refractivity contribution in [3.8, 4) is 0 Å². The van der Waals surface area contributed by atoms with Gasteiger partial charge in [-0.2, -0.15) is 0 Å². The lowest BCUT2D eigenvalue weighted by molar-refractivity contribution is 0.0664. The lowest BCUT2D eigenvalue weighted by Crippen LogP contribution is -2.44. The molecule has 0 aliphatic carbocycles. The molecule has 1 aromatic heterocycles. The first-order valence-electron chi connectivity index (χ1n) is 12.2. The maximum Gasteiger partial charge on any atom is 0.372 e. The van der Waals surface area contributed by atoms with Crippen LogP contribution in [0.3, 0.4) is 0 Å². The van der Waals surface area contributed by atoms with Crippen molar-refractivity contribution in [3.63, 3.8) is 0 Å². The molecule has 1 saturated heterocycles. The maximum absolute atomic E-state index is 14.2. The van der Waals surface area contributed by atoms with Crippen LogP contribution in [0.5, 0.6) is 0 Å². The number of piperazine rings is 1. The van der Waals surface area contributed by atoms with Crippen LogP contribution in [0.15, 0.2) is 82.1 Å². The van der Waals surface area contributed by atoms with Crippen LogP contribution in [-0.2, 0) is 16.4 Å². The molecule has 0 saturated carbocycles. The van der Waals surface area contributed by atoms with Crippen LogP contribution in [0.2, 0.25) is 0 Å². The minimum absolute atomic E-state index is 0.0871. The van der Waals surface area contributed by atoms with Crippen LogP contribution in [0, 0.1) is 6.92 Å². The van der Waals surface area contributed by atoms with E-state index in [1.54, 1.807) is 6.92 Å². The Morgan fingerprint density at radius 1 is 1.03 bits per heavy atom. The molecule has 5 rings (SSSR count). The highest BCUT2D eigenvalue weighted by Gasteiger charge is 2.29. The second-order valence-electron chi connectivity index (χ2n) is 9.06. The summed E-state index contributed by atoms with van der Waals surface area (Å²) in [6.07, 6.45) is 0.534. The number of nitrogens with one attached hydrogen (secondary N) is 1. The molecule has 0 radical (unpaired) electrons. The Labute approximate surface area is 216 Å². The Balaban J connectivity index is 1.60. The molecule has 4 aromatic rings. The van der Waals surface area contributed by atoms with E-state index in [0.29, 0.717) is 28.6 Å². The molecule has 0 unspecified atom stereocenters. The predicted molar refractivity (Wildman–Crippen MR) is 144 cm³/mol. The number of furan rings is 1. The van der Waals surface area contributed by atoms with Crippen molar-refractivity contribution in [1.29, 1.82) is 0 Å². The number of aryl methyl sites for hydroxylation is 1. The highest BCUT2D eigenvalue weighted by molar-refractivity contribution is 7.92. The van der Waals surface area contributed by atoms with Gasteiger partial charge < -0.3 is 19.7 Å². The van der Waals surface area contributed by atoms with Gasteiger partial charge in [0.25, 0.3) is 10.0 Å². The molecule has 2 N–H and O–H groups in total. The number of sulfonamides is 1. The molecule has 0 amide bonds. The van der Waals surface area contributed by atoms with Gasteiger partial charge in [-0.25, -0.2) is 13.2 Å². The van der Waals surface area contributed by atoms with Crippen molar-refractivity contribution >= 4 is 38.3 Å². The number of anilines is 2. The molecule has 192 valence electrons. The number of carboxylic acids is 1. The first kappa shape index (κ1) is 24.9. The molecular weight excluding hydrogens is 490 g/mol. The second kappa shape index (κ2) is 10.3. The number of para-hydroxylation sites is 2. The van der Waals surface area contributed by atoms with Gasteiger partial charge in [0.15, 0.2) is 0 Å². The lowest BCUT2D eigenvalue weighted by Gasteiger charge is -2.34. The van der Waals surface area contributed by atoms with E-state index in [-0.39, 0.29) is 17.2 Å². The number of aromatic carboxylic acids is 1. The van der Waals surface area contributed by atoms with Crippen LogP contribution < -0.4 is 14.5 Å². The van der Waals surface area contributed by atoms with Crippen LogP contribution in [-0.4, -0.2) is 52.2 Å². The average molecular weight is 520 g/mol. The van der Waals surface area contributed by atoms with Gasteiger partial charge in [-0.05, 0) is 49.2 Å². The topological polar surface area (TPSA) is 103 Å². The average Bonchev–Trinajstić information content (AvgIpc) is 3.26. The minimum atomic E-state index is -4.00. The van der Waals surface area contributed by atoms with Crippen LogP contribution in [0.1, 0.15) is 21.7 Å². The summed E-state index contributed by atoms with van der Waals surface area (Å²) < 4.78 is 35.4. The van der Waals surface area contributed by atoms with Crippen molar-refractivity contribution in [1.82, 2.24) is 5.32 Å². The normalized spacial score (nSPS) is 14.1. The van der Waals surface area contributed by atoms with Crippen LogP contribution in [0.25, 0.3) is 11.0 Å². The number of rotatable bonds is 8. The molecule has 0 atom stereocenters. The SMILES string of the molecule is Cc1c(C(=O)O)oc2ccc(S(=O)(=O)N(CCc3ccccc3)c3ccccc3N3CCNCC3)cc12. The van der Waals surface area contributed by atoms with E-state index in [4.69, 9.17) is 4.42 Å². The Morgan fingerprint density at radius 2 is 1.73 bits per heavy atom. The first-order valence-corrected chi connectivity index (χ1v) is 13.7. The summed E-state index contributed by atoms with van der Waals surface area (Å²) in [7, 11) is -4.00. The fourth-order valence-corrected chi connectivity index (χ4v) is 6.29. The van der Waals surface area contributed by atoms with E-state index in [1.807, 2.05) is 54.6 Å². The van der Waals surface area contributed by atoms with Gasteiger partial charge in [0.05, 0.1) is 16.3 Å². The molecule has 37 heavy (non-hydrogen) atoms. The summed E-state index contributed by atoms with van der Waals surface area (Å²) in [5.74, 6) is -1.37. The van der Waals surface area contributed by atoms with E-state index < -0.39 is 16.0 Å². The van der Waals surface area contributed by atoms with E-state index in [2.05, 4.69) is 10.2 Å². The van der Waals surface area contributed by atoms with E-state index >= 15 is 0 Å². The highest BCUT2D eigenvalue weighted by atomic mass is 32.2. The van der Waals surface area contributed by atoms with Gasteiger partial charge in [-0.1, -0.05) is 42.5 Å². The largest absolute Gasteiger partial charge is 0.475 e. The van der Waals surface area contributed by atoms with Gasteiger partial charge in [0.1, 0.15) is 5.58 Å². The molecule has 2 heterocycles. The molecule has 1 aliphatic heterocycles. The van der Waals surface area contributed by atoms with Gasteiger partial charge in [-0.15, -0.1) is 0 Å². The summed E-state index contributed by atoms with van der Waals surface area (Å²) >= 11 is 0.